The highest BCUT2D eigenvalue weighted by Gasteiger charge is 2.30. The van der Waals surface area contributed by atoms with Crippen LogP contribution in [0.3, 0.4) is 0 Å². The first kappa shape index (κ1) is 17.9. The number of fused-ring (bicyclic) bond motifs is 1. The van der Waals surface area contributed by atoms with Gasteiger partial charge in [0.2, 0.25) is 0 Å². The van der Waals surface area contributed by atoms with E-state index in [4.69, 9.17) is 0 Å². The number of para-hydroxylation sites is 1. The van der Waals surface area contributed by atoms with Gasteiger partial charge in [0.25, 0.3) is 0 Å². The standard InChI is InChI=1S/C21H19F3N2O/c22-21(23,24)14-9-7-13(8-10-14)19-12-16(20(27)18-6-3-11-25-18)15-4-1-2-5-17(15)26-19/h1-2,4-5,7-10,12,18,20,25,27H,3,6,11H2/t18-,20+/m0/s1. The van der Waals surface area contributed by atoms with Crippen LogP contribution in [0.2, 0.25) is 0 Å². The summed E-state index contributed by atoms with van der Waals surface area (Å²) in [6.45, 7) is 0.872. The second-order valence-electron chi connectivity index (χ2n) is 6.84. The SMILES string of the molecule is O[C@H](c1cc(-c2ccc(C(F)(F)F)cc2)nc2ccccc12)[C@@H]1CCCN1. The Labute approximate surface area is 154 Å². The number of hydrogen-bond acceptors (Lipinski definition) is 3. The van der Waals surface area contributed by atoms with Crippen molar-refractivity contribution < 1.29 is 18.3 Å². The van der Waals surface area contributed by atoms with Crippen LogP contribution in [0.5, 0.6) is 0 Å². The number of aromatic nitrogens is 1. The highest BCUT2D eigenvalue weighted by Crippen LogP contribution is 2.34. The summed E-state index contributed by atoms with van der Waals surface area (Å²) in [4.78, 5) is 4.59. The topological polar surface area (TPSA) is 45.2 Å². The first-order chi connectivity index (χ1) is 12.9. The van der Waals surface area contributed by atoms with E-state index < -0.39 is 17.8 Å². The van der Waals surface area contributed by atoms with Gasteiger partial charge >= 0.3 is 6.18 Å². The number of aliphatic hydroxyl groups is 1. The molecule has 1 aromatic heterocycles. The van der Waals surface area contributed by atoms with Crippen LogP contribution in [0.25, 0.3) is 22.2 Å². The minimum atomic E-state index is -4.37. The summed E-state index contributed by atoms with van der Waals surface area (Å²) in [5.41, 5.74) is 1.90. The molecule has 3 aromatic rings. The van der Waals surface area contributed by atoms with Crippen molar-refractivity contribution in [2.45, 2.75) is 31.2 Å². The molecule has 1 fully saturated rings. The molecule has 0 spiro atoms. The molecule has 6 heteroatoms. The summed E-state index contributed by atoms with van der Waals surface area (Å²) in [7, 11) is 0. The van der Waals surface area contributed by atoms with Crippen molar-refractivity contribution in [1.82, 2.24) is 10.3 Å². The minimum Gasteiger partial charge on any atom is -0.387 e. The summed E-state index contributed by atoms with van der Waals surface area (Å²) in [5.74, 6) is 0. The number of pyridine rings is 1. The lowest BCUT2D eigenvalue weighted by atomic mass is 9.95. The van der Waals surface area contributed by atoms with E-state index in [0.717, 1.165) is 42.5 Å². The van der Waals surface area contributed by atoms with Gasteiger partial charge in [-0.05, 0) is 49.2 Å². The predicted molar refractivity (Wildman–Crippen MR) is 98.2 cm³/mol. The quantitative estimate of drug-likeness (QED) is 0.700. The molecule has 1 aliphatic heterocycles. The van der Waals surface area contributed by atoms with Crippen molar-refractivity contribution in [2.24, 2.45) is 0 Å². The monoisotopic (exact) mass is 372 g/mol. The molecule has 0 unspecified atom stereocenters. The molecular formula is C21H19F3N2O. The number of benzene rings is 2. The Morgan fingerprint density at radius 1 is 1.07 bits per heavy atom. The molecule has 0 radical (unpaired) electrons. The van der Waals surface area contributed by atoms with Crippen LogP contribution in [0.4, 0.5) is 13.2 Å². The Kier molecular flexibility index (Phi) is 4.61. The lowest BCUT2D eigenvalue weighted by Gasteiger charge is -2.21. The molecule has 4 rings (SSSR count). The second kappa shape index (κ2) is 6.94. The van der Waals surface area contributed by atoms with E-state index in [-0.39, 0.29) is 6.04 Å². The van der Waals surface area contributed by atoms with Gasteiger partial charge in [-0.15, -0.1) is 0 Å². The van der Waals surface area contributed by atoms with Gasteiger partial charge in [0.1, 0.15) is 0 Å². The van der Waals surface area contributed by atoms with E-state index in [9.17, 15) is 18.3 Å². The molecule has 2 N–H and O–H groups in total. The number of hydrogen-bond donors (Lipinski definition) is 2. The normalized spacial score (nSPS) is 18.7. The van der Waals surface area contributed by atoms with Crippen molar-refractivity contribution in [3.63, 3.8) is 0 Å². The summed E-state index contributed by atoms with van der Waals surface area (Å²) in [6.07, 6.45) is -3.18. The number of nitrogens with zero attached hydrogens (tertiary/aromatic N) is 1. The highest BCUT2D eigenvalue weighted by atomic mass is 19.4. The highest BCUT2D eigenvalue weighted by molar-refractivity contribution is 5.85. The lowest BCUT2D eigenvalue weighted by molar-refractivity contribution is -0.137. The van der Waals surface area contributed by atoms with E-state index in [1.54, 1.807) is 6.07 Å². The molecule has 0 aliphatic carbocycles. The molecule has 1 saturated heterocycles. The van der Waals surface area contributed by atoms with Crippen LogP contribution in [0.15, 0.2) is 54.6 Å². The summed E-state index contributed by atoms with van der Waals surface area (Å²) < 4.78 is 38.5. The van der Waals surface area contributed by atoms with Gasteiger partial charge in [-0.1, -0.05) is 30.3 Å². The molecule has 0 saturated carbocycles. The van der Waals surface area contributed by atoms with E-state index >= 15 is 0 Å². The fraction of sp³-hybridized carbons (Fsp3) is 0.286. The fourth-order valence-corrected chi connectivity index (χ4v) is 3.62. The Balaban J connectivity index is 1.79. The number of alkyl halides is 3. The number of nitrogens with one attached hydrogen (secondary N) is 1. The third-order valence-corrected chi connectivity index (χ3v) is 5.05. The molecular weight excluding hydrogens is 353 g/mol. The van der Waals surface area contributed by atoms with Crippen LogP contribution in [-0.2, 0) is 6.18 Å². The average Bonchev–Trinajstić information content (AvgIpc) is 3.21. The van der Waals surface area contributed by atoms with Crippen molar-refractivity contribution in [1.29, 1.82) is 0 Å². The van der Waals surface area contributed by atoms with Crippen LogP contribution >= 0.6 is 0 Å². The molecule has 140 valence electrons. The zero-order valence-corrected chi connectivity index (χ0v) is 14.5. The first-order valence-electron chi connectivity index (χ1n) is 8.92. The van der Waals surface area contributed by atoms with Crippen molar-refractivity contribution in [2.75, 3.05) is 6.54 Å². The van der Waals surface area contributed by atoms with E-state index in [1.807, 2.05) is 24.3 Å². The van der Waals surface area contributed by atoms with Crippen LogP contribution in [-0.4, -0.2) is 22.7 Å². The zero-order chi connectivity index (χ0) is 19.0. The van der Waals surface area contributed by atoms with E-state index in [1.165, 1.54) is 12.1 Å². The summed E-state index contributed by atoms with van der Waals surface area (Å²) in [6, 6.07) is 14.2. The van der Waals surface area contributed by atoms with Gasteiger partial charge in [0.05, 0.1) is 22.9 Å². The van der Waals surface area contributed by atoms with Crippen LogP contribution in [0.1, 0.15) is 30.1 Å². The lowest BCUT2D eigenvalue weighted by Crippen LogP contribution is -2.28. The molecule has 27 heavy (non-hydrogen) atoms. The van der Waals surface area contributed by atoms with Gasteiger partial charge in [0.15, 0.2) is 0 Å². The van der Waals surface area contributed by atoms with Gasteiger partial charge in [-0.3, -0.25) is 0 Å². The Bertz CT molecular complexity index is 948. The molecule has 0 bridgehead atoms. The van der Waals surface area contributed by atoms with Gasteiger partial charge in [-0.25, -0.2) is 4.98 Å². The fourth-order valence-electron chi connectivity index (χ4n) is 3.62. The third kappa shape index (κ3) is 3.55. The van der Waals surface area contributed by atoms with E-state index in [0.29, 0.717) is 16.8 Å². The summed E-state index contributed by atoms with van der Waals surface area (Å²) in [5, 5.41) is 15.1. The molecule has 2 heterocycles. The minimum absolute atomic E-state index is 0.0312. The number of aliphatic hydroxyl groups excluding tert-OH is 1. The van der Waals surface area contributed by atoms with Crippen LogP contribution in [0, 0.1) is 0 Å². The maximum absolute atomic E-state index is 12.8. The molecule has 0 amide bonds. The predicted octanol–water partition coefficient (Wildman–Crippen LogP) is 4.71. The van der Waals surface area contributed by atoms with Crippen LogP contribution < -0.4 is 5.32 Å². The smallest absolute Gasteiger partial charge is 0.387 e. The molecule has 3 nitrogen and oxygen atoms in total. The molecule has 2 atom stereocenters. The van der Waals surface area contributed by atoms with Gasteiger partial charge < -0.3 is 10.4 Å². The third-order valence-electron chi connectivity index (χ3n) is 5.05. The van der Waals surface area contributed by atoms with Crippen molar-refractivity contribution in [3.8, 4) is 11.3 Å². The van der Waals surface area contributed by atoms with Crippen molar-refractivity contribution >= 4 is 10.9 Å². The second-order valence-corrected chi connectivity index (χ2v) is 6.84. The number of rotatable bonds is 3. The Hall–Kier alpha value is -2.44. The maximum Gasteiger partial charge on any atom is 0.416 e. The number of halogens is 3. The largest absolute Gasteiger partial charge is 0.416 e. The Morgan fingerprint density at radius 2 is 1.81 bits per heavy atom. The zero-order valence-electron chi connectivity index (χ0n) is 14.5. The van der Waals surface area contributed by atoms with Gasteiger partial charge in [-0.2, -0.15) is 13.2 Å². The maximum atomic E-state index is 12.8. The molecule has 2 aromatic carbocycles. The summed E-state index contributed by atoms with van der Waals surface area (Å²) >= 11 is 0. The Morgan fingerprint density at radius 3 is 2.48 bits per heavy atom. The van der Waals surface area contributed by atoms with E-state index in [2.05, 4.69) is 10.3 Å². The first-order valence-corrected chi connectivity index (χ1v) is 8.92. The average molecular weight is 372 g/mol. The molecule has 1 aliphatic rings. The van der Waals surface area contributed by atoms with Crippen molar-refractivity contribution in [3.05, 3.63) is 65.7 Å². The van der Waals surface area contributed by atoms with Gasteiger partial charge in [0, 0.05) is 17.0 Å².